The average Bonchev–Trinajstić information content (AvgIpc) is 3.06. The fourth-order valence-electron chi connectivity index (χ4n) is 3.72. The number of nitrogens with zero attached hydrogens (tertiary/aromatic N) is 3. The lowest BCUT2D eigenvalue weighted by Gasteiger charge is -2.19. The average molecular weight is 372 g/mol. The molecule has 5 heteroatoms. The summed E-state index contributed by atoms with van der Waals surface area (Å²) >= 11 is 0. The molecule has 2 aromatic heterocycles. The van der Waals surface area contributed by atoms with Gasteiger partial charge < -0.3 is 15.0 Å². The first-order chi connectivity index (χ1) is 13.5. The first-order valence-electron chi connectivity index (χ1n) is 9.32. The van der Waals surface area contributed by atoms with Crippen molar-refractivity contribution in [2.75, 3.05) is 12.8 Å². The van der Waals surface area contributed by atoms with Gasteiger partial charge in [-0.05, 0) is 54.1 Å². The summed E-state index contributed by atoms with van der Waals surface area (Å²) in [4.78, 5) is 8.93. The minimum Gasteiger partial charge on any atom is -0.497 e. The Balaban J connectivity index is 1.80. The van der Waals surface area contributed by atoms with E-state index in [9.17, 15) is 0 Å². The van der Waals surface area contributed by atoms with Crippen LogP contribution in [0.1, 0.15) is 28.6 Å². The van der Waals surface area contributed by atoms with E-state index in [1.54, 1.807) is 7.11 Å². The minimum absolute atomic E-state index is 0.0526. The van der Waals surface area contributed by atoms with E-state index in [1.165, 1.54) is 16.5 Å². The normalized spacial score (nSPS) is 12.2. The van der Waals surface area contributed by atoms with Crippen molar-refractivity contribution in [3.05, 3.63) is 83.4 Å². The summed E-state index contributed by atoms with van der Waals surface area (Å²) in [5.74, 6) is 2.06. The van der Waals surface area contributed by atoms with E-state index in [-0.39, 0.29) is 5.92 Å². The second kappa shape index (κ2) is 7.35. The number of anilines is 1. The van der Waals surface area contributed by atoms with Gasteiger partial charge in [-0.15, -0.1) is 0 Å². The van der Waals surface area contributed by atoms with E-state index in [4.69, 9.17) is 15.5 Å². The van der Waals surface area contributed by atoms with Crippen molar-refractivity contribution in [1.29, 1.82) is 0 Å². The maximum absolute atomic E-state index is 6.03. The number of aromatic nitrogens is 3. The Kier molecular flexibility index (Phi) is 4.74. The summed E-state index contributed by atoms with van der Waals surface area (Å²) in [5.41, 5.74) is 10.6. The molecule has 0 radical (unpaired) electrons. The molecule has 2 N–H and O–H groups in total. The number of hydrogen-bond donors (Lipinski definition) is 1. The van der Waals surface area contributed by atoms with Crippen molar-refractivity contribution in [1.82, 2.24) is 14.5 Å². The fraction of sp³-hybridized carbons (Fsp3) is 0.217. The van der Waals surface area contributed by atoms with Crippen LogP contribution in [0.4, 0.5) is 5.82 Å². The van der Waals surface area contributed by atoms with Gasteiger partial charge in [-0.2, -0.15) is 0 Å². The van der Waals surface area contributed by atoms with Crippen molar-refractivity contribution < 1.29 is 4.74 Å². The molecule has 1 atom stereocenters. The summed E-state index contributed by atoms with van der Waals surface area (Å²) < 4.78 is 7.59. The molecule has 0 fully saturated rings. The summed E-state index contributed by atoms with van der Waals surface area (Å²) in [6, 6.07) is 18.8. The molecule has 0 saturated heterocycles. The Morgan fingerprint density at radius 2 is 1.93 bits per heavy atom. The highest BCUT2D eigenvalue weighted by molar-refractivity contribution is 5.80. The Bertz CT molecular complexity index is 1110. The number of methoxy groups -OCH3 is 1. The molecule has 0 aliphatic rings. The van der Waals surface area contributed by atoms with Crippen LogP contribution in [0.25, 0.3) is 10.9 Å². The molecular weight excluding hydrogens is 348 g/mol. The lowest BCUT2D eigenvalue weighted by Crippen LogP contribution is -2.10. The van der Waals surface area contributed by atoms with Crippen LogP contribution in [0, 0.1) is 6.92 Å². The summed E-state index contributed by atoms with van der Waals surface area (Å²) in [6.45, 7) is 1.87. The quantitative estimate of drug-likeness (QED) is 0.569. The Morgan fingerprint density at radius 3 is 2.71 bits per heavy atom. The molecule has 0 aliphatic heterocycles. The zero-order valence-corrected chi connectivity index (χ0v) is 16.4. The highest BCUT2D eigenvalue weighted by Gasteiger charge is 2.19. The van der Waals surface area contributed by atoms with Crippen LogP contribution < -0.4 is 10.5 Å². The molecule has 4 rings (SSSR count). The third-order valence-corrected chi connectivity index (χ3v) is 5.12. The predicted octanol–water partition coefficient (Wildman–Crippen LogP) is 4.24. The van der Waals surface area contributed by atoms with Crippen LogP contribution in [0.15, 0.2) is 60.8 Å². The Morgan fingerprint density at radius 1 is 1.07 bits per heavy atom. The number of rotatable bonds is 5. The lowest BCUT2D eigenvalue weighted by atomic mass is 9.88. The number of benzene rings is 2. The number of nitrogens with two attached hydrogens (primary N) is 1. The van der Waals surface area contributed by atoms with Gasteiger partial charge in [-0.1, -0.05) is 24.3 Å². The standard InChI is InChI=1S/C23H24N4O/c1-15-25-21(14-23(24)26-15)20(18-5-4-6-19(13-18)28-3)11-16-7-8-17-9-10-27(2)22(17)12-16/h4-10,12-14,20H,11H2,1-3H3,(H2,24,25,26)/t20-/m0/s1. The van der Waals surface area contributed by atoms with E-state index in [0.717, 1.165) is 23.4 Å². The number of hydrogen-bond acceptors (Lipinski definition) is 4. The molecule has 0 amide bonds. The summed E-state index contributed by atoms with van der Waals surface area (Å²) in [7, 11) is 3.75. The van der Waals surface area contributed by atoms with E-state index < -0.39 is 0 Å². The van der Waals surface area contributed by atoms with Gasteiger partial charge >= 0.3 is 0 Å². The second-order valence-electron chi connectivity index (χ2n) is 7.12. The summed E-state index contributed by atoms with van der Waals surface area (Å²) in [5, 5.41) is 1.24. The molecule has 4 aromatic rings. The SMILES string of the molecule is COc1cccc([C@H](Cc2ccc3ccn(C)c3c2)c2cc(N)nc(C)n2)c1. The van der Waals surface area contributed by atoms with Crippen molar-refractivity contribution >= 4 is 16.7 Å². The number of ether oxygens (including phenoxy) is 1. The van der Waals surface area contributed by atoms with Gasteiger partial charge in [0.05, 0.1) is 12.8 Å². The molecule has 5 nitrogen and oxygen atoms in total. The molecule has 0 aliphatic carbocycles. The maximum atomic E-state index is 6.03. The number of nitrogen functional groups attached to an aromatic ring is 1. The summed E-state index contributed by atoms with van der Waals surface area (Å²) in [6.07, 6.45) is 2.90. The lowest BCUT2D eigenvalue weighted by molar-refractivity contribution is 0.414. The van der Waals surface area contributed by atoms with Gasteiger partial charge in [-0.25, -0.2) is 9.97 Å². The molecule has 0 bridgehead atoms. The van der Waals surface area contributed by atoms with Gasteiger partial charge in [0.25, 0.3) is 0 Å². The van der Waals surface area contributed by atoms with E-state index in [2.05, 4.69) is 59.2 Å². The van der Waals surface area contributed by atoms with Crippen molar-refractivity contribution in [2.24, 2.45) is 7.05 Å². The van der Waals surface area contributed by atoms with Gasteiger partial charge in [0.2, 0.25) is 0 Å². The first kappa shape index (κ1) is 18.0. The largest absolute Gasteiger partial charge is 0.497 e. The second-order valence-corrected chi connectivity index (χ2v) is 7.12. The zero-order chi connectivity index (χ0) is 19.7. The monoisotopic (exact) mass is 372 g/mol. The Labute approximate surface area is 164 Å². The van der Waals surface area contributed by atoms with Crippen molar-refractivity contribution in [3.63, 3.8) is 0 Å². The van der Waals surface area contributed by atoms with Crippen LogP contribution in [0.2, 0.25) is 0 Å². The highest BCUT2D eigenvalue weighted by atomic mass is 16.5. The predicted molar refractivity (Wildman–Crippen MR) is 113 cm³/mol. The van der Waals surface area contributed by atoms with Gasteiger partial charge in [0.15, 0.2) is 0 Å². The number of aryl methyl sites for hydroxylation is 2. The first-order valence-corrected chi connectivity index (χ1v) is 9.32. The van der Waals surface area contributed by atoms with Crippen LogP contribution in [-0.4, -0.2) is 21.6 Å². The number of fused-ring (bicyclic) bond motifs is 1. The van der Waals surface area contributed by atoms with E-state index >= 15 is 0 Å². The van der Waals surface area contributed by atoms with E-state index in [0.29, 0.717) is 11.6 Å². The van der Waals surface area contributed by atoms with Crippen LogP contribution in [-0.2, 0) is 13.5 Å². The zero-order valence-electron chi connectivity index (χ0n) is 16.4. The minimum atomic E-state index is 0.0526. The van der Waals surface area contributed by atoms with Crippen molar-refractivity contribution in [3.8, 4) is 5.75 Å². The third kappa shape index (κ3) is 3.56. The highest BCUT2D eigenvalue weighted by Crippen LogP contribution is 2.31. The van der Waals surface area contributed by atoms with Crippen LogP contribution in [0.3, 0.4) is 0 Å². The molecule has 0 unspecified atom stereocenters. The maximum Gasteiger partial charge on any atom is 0.127 e. The van der Waals surface area contributed by atoms with Gasteiger partial charge in [-0.3, -0.25) is 0 Å². The van der Waals surface area contributed by atoms with Crippen LogP contribution in [0.5, 0.6) is 5.75 Å². The molecule has 0 saturated carbocycles. The molecule has 142 valence electrons. The fourth-order valence-corrected chi connectivity index (χ4v) is 3.72. The van der Waals surface area contributed by atoms with Gasteiger partial charge in [0, 0.05) is 30.7 Å². The molecule has 2 aromatic carbocycles. The molecule has 2 heterocycles. The van der Waals surface area contributed by atoms with Gasteiger partial charge in [0.1, 0.15) is 17.4 Å². The third-order valence-electron chi connectivity index (χ3n) is 5.12. The molecular formula is C23H24N4O. The van der Waals surface area contributed by atoms with E-state index in [1.807, 2.05) is 25.1 Å². The smallest absolute Gasteiger partial charge is 0.127 e. The topological polar surface area (TPSA) is 66.0 Å². The molecule has 0 spiro atoms. The Hall–Kier alpha value is -3.34. The van der Waals surface area contributed by atoms with Crippen molar-refractivity contribution in [2.45, 2.75) is 19.3 Å². The molecule has 28 heavy (non-hydrogen) atoms. The van der Waals surface area contributed by atoms with Crippen LogP contribution >= 0.6 is 0 Å².